The Morgan fingerprint density at radius 2 is 2.23 bits per heavy atom. The van der Waals surface area contributed by atoms with Crippen LogP contribution in [0, 0.1) is 10.1 Å². The van der Waals surface area contributed by atoms with Crippen LogP contribution >= 0.6 is 11.3 Å². The number of carbonyl (C=O) groups excluding carboxylic acids is 2. The number of amides is 2. The summed E-state index contributed by atoms with van der Waals surface area (Å²) in [5.74, 6) is -1.49. The predicted molar refractivity (Wildman–Crippen MR) is 69.9 cm³/mol. The summed E-state index contributed by atoms with van der Waals surface area (Å²) in [6, 6.07) is 0.742. The van der Waals surface area contributed by atoms with Crippen molar-refractivity contribution >= 4 is 38.2 Å². The molecule has 11 nitrogen and oxygen atoms in total. The quantitative estimate of drug-likeness (QED) is 0.410. The molecule has 1 aliphatic rings. The van der Waals surface area contributed by atoms with Crippen molar-refractivity contribution in [1.82, 2.24) is 9.79 Å². The lowest BCUT2D eigenvalue weighted by Gasteiger charge is -2.24. The summed E-state index contributed by atoms with van der Waals surface area (Å²) >= 11 is 0.300. The minimum absolute atomic E-state index is 0.0380. The summed E-state index contributed by atoms with van der Waals surface area (Å²) < 4.78 is 27.9. The molecule has 1 saturated heterocycles. The summed E-state index contributed by atoms with van der Waals surface area (Å²) in [4.78, 5) is 34.3. The van der Waals surface area contributed by atoms with Gasteiger partial charge in [-0.3, -0.25) is 24.6 Å². The Labute approximate surface area is 127 Å². The third-order valence-electron chi connectivity index (χ3n) is 2.70. The molecule has 1 aliphatic heterocycles. The van der Waals surface area contributed by atoms with Crippen molar-refractivity contribution in [3.05, 3.63) is 21.1 Å². The second-order valence-corrected chi connectivity index (χ2v) is 6.69. The molecule has 0 saturated carbocycles. The Bertz CT molecular complexity index is 740. The summed E-state index contributed by atoms with van der Waals surface area (Å²) in [6.07, 6.45) is 0. The number of sulfonamides is 1. The van der Waals surface area contributed by atoms with Gasteiger partial charge >= 0.3 is 5.00 Å². The van der Waals surface area contributed by atoms with E-state index < -0.39 is 36.7 Å². The number of imide groups is 1. The summed E-state index contributed by atoms with van der Waals surface area (Å²) in [6.45, 7) is -0.222. The van der Waals surface area contributed by atoms with E-state index in [-0.39, 0.29) is 24.6 Å². The summed E-state index contributed by atoms with van der Waals surface area (Å²) in [7, 11) is -4.54. The zero-order chi connectivity index (χ0) is 16.5. The fourth-order valence-corrected chi connectivity index (χ4v) is 3.73. The van der Waals surface area contributed by atoms with Crippen LogP contribution < -0.4 is 4.89 Å². The number of carbonyl (C=O) groups is 2. The van der Waals surface area contributed by atoms with Crippen LogP contribution in [0.2, 0.25) is 0 Å². The van der Waals surface area contributed by atoms with Crippen molar-refractivity contribution in [2.45, 2.75) is 4.90 Å². The molecule has 0 aromatic carbocycles. The van der Waals surface area contributed by atoms with Crippen LogP contribution in [0.4, 0.5) is 5.00 Å². The molecule has 0 radical (unpaired) electrons. The molecular weight excluding hydrogens is 342 g/mol. The van der Waals surface area contributed by atoms with Gasteiger partial charge in [0.2, 0.25) is 0 Å². The maximum atomic E-state index is 12.2. The zero-order valence-electron chi connectivity index (χ0n) is 10.7. The van der Waals surface area contributed by atoms with E-state index in [2.05, 4.69) is 0 Å². The Kier molecular flexibility index (Phi) is 4.52. The van der Waals surface area contributed by atoms with Gasteiger partial charge in [0.1, 0.15) is 11.5 Å². The number of thiophene rings is 1. The Morgan fingerprint density at radius 3 is 2.77 bits per heavy atom. The average Bonchev–Trinajstić information content (AvgIpc) is 2.93. The molecule has 0 aliphatic carbocycles. The molecule has 0 spiro atoms. The lowest BCUT2D eigenvalue weighted by molar-refractivity contribution is -0.383. The van der Waals surface area contributed by atoms with Crippen LogP contribution in [-0.2, 0) is 19.6 Å². The van der Waals surface area contributed by atoms with Crippen molar-refractivity contribution in [3.63, 3.8) is 0 Å². The number of hydrogen-bond donors (Lipinski definition) is 2. The molecule has 0 bridgehead atoms. The van der Waals surface area contributed by atoms with Crippen LogP contribution in [0.3, 0.4) is 0 Å². The highest BCUT2D eigenvalue weighted by molar-refractivity contribution is 7.89. The number of ether oxygens (including phenoxy) is 1. The number of nitro groups is 1. The lowest BCUT2D eigenvalue weighted by atomic mass is 10.3. The van der Waals surface area contributed by atoms with Gasteiger partial charge in [-0.2, -0.15) is 0 Å². The molecule has 1 aromatic rings. The second kappa shape index (κ2) is 6.05. The van der Waals surface area contributed by atoms with Crippen molar-refractivity contribution in [3.8, 4) is 0 Å². The van der Waals surface area contributed by atoms with E-state index in [1.807, 2.05) is 0 Å². The van der Waals surface area contributed by atoms with E-state index in [1.54, 1.807) is 0 Å². The fraction of sp³-hybridized carbons (Fsp3) is 0.333. The number of hydrogen-bond acceptors (Lipinski definition) is 9. The van der Waals surface area contributed by atoms with Gasteiger partial charge in [0.05, 0.1) is 18.1 Å². The summed E-state index contributed by atoms with van der Waals surface area (Å²) in [5, 5.41) is 18.6. The van der Waals surface area contributed by atoms with Crippen LogP contribution in [0.1, 0.15) is 9.67 Å². The van der Waals surface area contributed by atoms with Gasteiger partial charge in [-0.25, -0.2) is 8.42 Å². The summed E-state index contributed by atoms with van der Waals surface area (Å²) in [5.41, 5.74) is 0. The van der Waals surface area contributed by atoms with Gasteiger partial charge in [-0.05, 0) is 6.07 Å². The molecule has 13 heteroatoms. The largest absolute Gasteiger partial charge is 0.370 e. The van der Waals surface area contributed by atoms with Gasteiger partial charge in [0.15, 0.2) is 4.90 Å². The first kappa shape index (κ1) is 16.4. The smallest absolute Gasteiger partial charge is 0.344 e. The van der Waals surface area contributed by atoms with Crippen molar-refractivity contribution in [2.24, 2.45) is 0 Å². The highest BCUT2D eigenvalue weighted by atomic mass is 32.2. The average molecular weight is 351 g/mol. The van der Waals surface area contributed by atoms with Crippen LogP contribution in [0.25, 0.3) is 0 Å². The molecule has 2 N–H and O–H groups in total. The van der Waals surface area contributed by atoms with Gasteiger partial charge in [-0.1, -0.05) is 16.2 Å². The Hall–Kier alpha value is -1.93. The first-order valence-electron chi connectivity index (χ1n) is 5.64. The molecule has 1 aromatic heterocycles. The normalized spacial score (nSPS) is 15.9. The molecule has 2 heterocycles. The molecule has 1 fully saturated rings. The van der Waals surface area contributed by atoms with Gasteiger partial charge in [-0.15, -0.1) is 0 Å². The standard InChI is InChI=1S/C9H9N3O8S2/c13-7-4-20-2-1-11(7)8(14)5-3-6(22(18,19)10-15)9(21-5)12(16)17/h3,10,15H,1-2,4H2. The van der Waals surface area contributed by atoms with E-state index in [1.165, 1.54) is 0 Å². The number of morpholine rings is 1. The van der Waals surface area contributed by atoms with Crippen molar-refractivity contribution < 1.29 is 32.9 Å². The first-order chi connectivity index (χ1) is 10.3. The second-order valence-electron chi connectivity index (χ2n) is 4.04. The number of rotatable bonds is 4. The van der Waals surface area contributed by atoms with E-state index in [9.17, 15) is 28.1 Å². The maximum absolute atomic E-state index is 12.2. The van der Waals surface area contributed by atoms with Crippen molar-refractivity contribution in [1.29, 1.82) is 0 Å². The topological polar surface area (TPSA) is 156 Å². The van der Waals surface area contributed by atoms with Crippen LogP contribution in [0.15, 0.2) is 11.0 Å². The van der Waals surface area contributed by atoms with Gasteiger partial charge in [0.25, 0.3) is 21.8 Å². The first-order valence-corrected chi connectivity index (χ1v) is 7.94. The highest BCUT2D eigenvalue weighted by Crippen LogP contribution is 2.34. The molecule has 2 rings (SSSR count). The molecule has 22 heavy (non-hydrogen) atoms. The van der Waals surface area contributed by atoms with Crippen molar-refractivity contribution in [2.75, 3.05) is 19.8 Å². The van der Waals surface area contributed by atoms with E-state index >= 15 is 0 Å². The number of nitrogens with one attached hydrogen (secondary N) is 1. The molecular formula is C9H9N3O8S2. The highest BCUT2D eigenvalue weighted by Gasteiger charge is 2.34. The number of nitrogens with zero attached hydrogens (tertiary/aromatic N) is 2. The van der Waals surface area contributed by atoms with E-state index in [0.717, 1.165) is 15.9 Å². The van der Waals surface area contributed by atoms with E-state index in [0.29, 0.717) is 11.3 Å². The van der Waals surface area contributed by atoms with Crippen LogP contribution in [-0.4, -0.2) is 55.0 Å². The Morgan fingerprint density at radius 1 is 1.55 bits per heavy atom. The zero-order valence-corrected chi connectivity index (χ0v) is 12.3. The SMILES string of the molecule is O=C1COCCN1C(=O)c1cc(S(=O)(=O)NO)c([N+](=O)[O-])s1. The van der Waals surface area contributed by atoms with Crippen LogP contribution in [0.5, 0.6) is 0 Å². The third kappa shape index (κ3) is 2.97. The fourth-order valence-electron chi connectivity index (χ4n) is 1.70. The minimum Gasteiger partial charge on any atom is -0.370 e. The van der Waals surface area contributed by atoms with E-state index in [4.69, 9.17) is 9.94 Å². The van der Waals surface area contributed by atoms with Gasteiger partial charge in [0, 0.05) is 0 Å². The van der Waals surface area contributed by atoms with Gasteiger partial charge < -0.3 is 9.94 Å². The Balaban J connectivity index is 2.44. The monoisotopic (exact) mass is 351 g/mol. The lowest BCUT2D eigenvalue weighted by Crippen LogP contribution is -2.45. The third-order valence-corrected chi connectivity index (χ3v) is 5.03. The molecule has 0 unspecified atom stereocenters. The molecule has 0 atom stereocenters. The predicted octanol–water partition coefficient (Wildman–Crippen LogP) is -0.677. The maximum Gasteiger partial charge on any atom is 0.344 e. The molecule has 2 amide bonds. The minimum atomic E-state index is -4.54. The molecule has 120 valence electrons.